The van der Waals surface area contributed by atoms with Crippen LogP contribution in [0.3, 0.4) is 0 Å². The van der Waals surface area contributed by atoms with Crippen molar-refractivity contribution < 1.29 is 4.74 Å². The first kappa shape index (κ1) is 18.8. The number of benzene rings is 2. The van der Waals surface area contributed by atoms with Gasteiger partial charge in [-0.15, -0.1) is 0 Å². The van der Waals surface area contributed by atoms with Gasteiger partial charge in [0, 0.05) is 0 Å². The van der Waals surface area contributed by atoms with Crippen LogP contribution in [0, 0.1) is 0 Å². The predicted octanol–water partition coefficient (Wildman–Crippen LogP) is 6.69. The van der Waals surface area contributed by atoms with Crippen LogP contribution in [0.1, 0.15) is 69.7 Å². The fraction of sp³-hybridized carbons (Fsp3) is 0.440. The second-order valence-corrected chi connectivity index (χ2v) is 8.83. The maximum Gasteiger partial charge on any atom is 0.118 e. The number of allylic oxidation sites excluding steroid dienone is 2. The summed E-state index contributed by atoms with van der Waals surface area (Å²) in [6, 6.07) is 15.4. The van der Waals surface area contributed by atoms with Crippen molar-refractivity contribution in [3.8, 4) is 5.75 Å². The van der Waals surface area contributed by atoms with Crippen LogP contribution in [0.5, 0.6) is 5.75 Å². The van der Waals surface area contributed by atoms with Crippen molar-refractivity contribution in [2.45, 2.75) is 64.7 Å². The normalized spacial score (nSPS) is 18.3. The fourth-order valence-electron chi connectivity index (χ4n) is 4.31. The third-order valence-corrected chi connectivity index (χ3v) is 6.09. The van der Waals surface area contributed by atoms with E-state index < -0.39 is 0 Å². The molecular formula is C25H32O. The Morgan fingerprint density at radius 3 is 2.23 bits per heavy atom. The van der Waals surface area contributed by atoms with Crippen LogP contribution < -0.4 is 4.74 Å². The van der Waals surface area contributed by atoms with Gasteiger partial charge in [-0.1, -0.05) is 64.1 Å². The van der Waals surface area contributed by atoms with E-state index in [-0.39, 0.29) is 10.8 Å². The van der Waals surface area contributed by atoms with Crippen molar-refractivity contribution in [2.75, 3.05) is 7.11 Å². The third-order valence-electron chi connectivity index (χ3n) is 6.09. The Kier molecular flexibility index (Phi) is 5.01. The minimum atomic E-state index is 0.218. The zero-order valence-electron chi connectivity index (χ0n) is 17.1. The third kappa shape index (κ3) is 3.45. The zero-order valence-corrected chi connectivity index (χ0v) is 17.1. The average Bonchev–Trinajstić information content (AvgIpc) is 2.64. The molecule has 0 aromatic heterocycles. The number of ether oxygens (including phenoxy) is 1. The van der Waals surface area contributed by atoms with Crippen LogP contribution in [0.15, 0.2) is 48.5 Å². The summed E-state index contributed by atoms with van der Waals surface area (Å²) in [5, 5.41) is 0. The molecular weight excluding hydrogens is 316 g/mol. The minimum absolute atomic E-state index is 0.218. The Hall–Kier alpha value is -2.02. The van der Waals surface area contributed by atoms with Gasteiger partial charge in [-0.3, -0.25) is 0 Å². The fourth-order valence-corrected chi connectivity index (χ4v) is 4.31. The van der Waals surface area contributed by atoms with Crippen LogP contribution in [0.25, 0.3) is 5.57 Å². The van der Waals surface area contributed by atoms with Crippen molar-refractivity contribution in [1.82, 2.24) is 0 Å². The molecule has 0 atom stereocenters. The lowest BCUT2D eigenvalue weighted by atomic mass is 9.61. The smallest absolute Gasteiger partial charge is 0.118 e. The van der Waals surface area contributed by atoms with Crippen LogP contribution in [-0.4, -0.2) is 7.11 Å². The van der Waals surface area contributed by atoms with E-state index in [2.05, 4.69) is 83.2 Å². The van der Waals surface area contributed by atoms with E-state index in [0.717, 1.165) is 12.2 Å². The monoisotopic (exact) mass is 348 g/mol. The highest BCUT2D eigenvalue weighted by atomic mass is 16.5. The maximum atomic E-state index is 5.30. The SMILES string of the molecule is CC=C(Cc1ccc(OC)cc1)c1cccc2c1C(C)(C)CCC2(C)C. The summed E-state index contributed by atoms with van der Waals surface area (Å²) in [5.74, 6) is 0.913. The molecule has 0 heterocycles. The highest BCUT2D eigenvalue weighted by Gasteiger charge is 2.38. The van der Waals surface area contributed by atoms with Crippen LogP contribution in [0.4, 0.5) is 0 Å². The Bertz CT molecular complexity index is 807. The molecule has 2 aromatic carbocycles. The van der Waals surface area contributed by atoms with Gasteiger partial charge in [0.05, 0.1) is 7.11 Å². The van der Waals surface area contributed by atoms with E-state index in [0.29, 0.717) is 0 Å². The molecule has 0 fully saturated rings. The van der Waals surface area contributed by atoms with Gasteiger partial charge < -0.3 is 4.74 Å². The van der Waals surface area contributed by atoms with Crippen molar-refractivity contribution in [2.24, 2.45) is 0 Å². The molecule has 26 heavy (non-hydrogen) atoms. The van der Waals surface area contributed by atoms with Gasteiger partial charge in [-0.2, -0.15) is 0 Å². The Labute approximate surface area is 159 Å². The summed E-state index contributed by atoms with van der Waals surface area (Å²) >= 11 is 0. The van der Waals surface area contributed by atoms with E-state index in [4.69, 9.17) is 4.74 Å². The molecule has 1 nitrogen and oxygen atoms in total. The largest absolute Gasteiger partial charge is 0.497 e. The number of rotatable bonds is 4. The Balaban J connectivity index is 2.05. The van der Waals surface area contributed by atoms with Crippen LogP contribution >= 0.6 is 0 Å². The molecule has 0 spiro atoms. The number of methoxy groups -OCH3 is 1. The summed E-state index contributed by atoms with van der Waals surface area (Å²) in [7, 11) is 1.71. The lowest BCUT2D eigenvalue weighted by Crippen LogP contribution is -2.34. The van der Waals surface area contributed by atoms with Gasteiger partial charge in [-0.05, 0) is 77.0 Å². The molecule has 0 saturated heterocycles. The lowest BCUT2D eigenvalue weighted by Gasteiger charge is -2.43. The number of hydrogen-bond acceptors (Lipinski definition) is 1. The van der Waals surface area contributed by atoms with Gasteiger partial charge in [-0.25, -0.2) is 0 Å². The molecule has 3 rings (SSSR count). The van der Waals surface area contributed by atoms with Crippen molar-refractivity contribution in [3.05, 3.63) is 70.8 Å². The quantitative estimate of drug-likeness (QED) is 0.598. The molecule has 1 heteroatoms. The molecule has 1 aliphatic rings. The molecule has 0 amide bonds. The molecule has 1 aliphatic carbocycles. The highest BCUT2D eigenvalue weighted by Crippen LogP contribution is 2.48. The molecule has 138 valence electrons. The van der Waals surface area contributed by atoms with Crippen molar-refractivity contribution in [1.29, 1.82) is 0 Å². The summed E-state index contributed by atoms with van der Waals surface area (Å²) < 4.78 is 5.30. The van der Waals surface area contributed by atoms with Crippen LogP contribution in [0.2, 0.25) is 0 Å². The van der Waals surface area contributed by atoms with Crippen molar-refractivity contribution >= 4 is 5.57 Å². The van der Waals surface area contributed by atoms with E-state index >= 15 is 0 Å². The summed E-state index contributed by atoms with van der Waals surface area (Å²) in [6.45, 7) is 11.8. The summed E-state index contributed by atoms with van der Waals surface area (Å²) in [5.41, 5.74) is 7.72. The minimum Gasteiger partial charge on any atom is -0.497 e. The lowest BCUT2D eigenvalue weighted by molar-refractivity contribution is 0.331. The second kappa shape index (κ2) is 6.95. The molecule has 0 radical (unpaired) electrons. The number of fused-ring (bicyclic) bond motifs is 1. The first-order valence-electron chi connectivity index (χ1n) is 9.71. The molecule has 0 aliphatic heterocycles. The van der Waals surface area contributed by atoms with Gasteiger partial charge in [0.1, 0.15) is 5.75 Å². The van der Waals surface area contributed by atoms with E-state index in [1.165, 1.54) is 35.1 Å². The molecule has 0 N–H and O–H groups in total. The summed E-state index contributed by atoms with van der Waals surface area (Å²) in [4.78, 5) is 0. The van der Waals surface area contributed by atoms with Gasteiger partial charge >= 0.3 is 0 Å². The topological polar surface area (TPSA) is 9.23 Å². The maximum absolute atomic E-state index is 5.30. The molecule has 0 bridgehead atoms. The molecule has 0 saturated carbocycles. The van der Waals surface area contributed by atoms with E-state index in [9.17, 15) is 0 Å². The molecule has 2 aromatic rings. The molecule has 0 unspecified atom stereocenters. The van der Waals surface area contributed by atoms with Gasteiger partial charge in [0.15, 0.2) is 0 Å². The van der Waals surface area contributed by atoms with Gasteiger partial charge in [0.25, 0.3) is 0 Å². The predicted molar refractivity (Wildman–Crippen MR) is 112 cm³/mol. The van der Waals surface area contributed by atoms with E-state index in [1.807, 2.05) is 0 Å². The van der Waals surface area contributed by atoms with E-state index in [1.54, 1.807) is 12.7 Å². The standard InChI is InChI=1S/C25H32O/c1-7-19(17-18-11-13-20(26-6)14-12-18)21-9-8-10-22-23(21)25(4,5)16-15-24(22,2)3/h7-14H,15-17H2,1-6H3. The average molecular weight is 349 g/mol. The highest BCUT2D eigenvalue weighted by molar-refractivity contribution is 5.73. The zero-order chi connectivity index (χ0) is 18.9. The second-order valence-electron chi connectivity index (χ2n) is 8.83. The number of hydrogen-bond donors (Lipinski definition) is 0. The first-order chi connectivity index (χ1) is 12.3. The van der Waals surface area contributed by atoms with Crippen LogP contribution in [-0.2, 0) is 17.3 Å². The Morgan fingerprint density at radius 1 is 0.962 bits per heavy atom. The van der Waals surface area contributed by atoms with Crippen molar-refractivity contribution in [3.63, 3.8) is 0 Å². The first-order valence-corrected chi connectivity index (χ1v) is 9.71. The Morgan fingerprint density at radius 2 is 1.62 bits per heavy atom. The van der Waals surface area contributed by atoms with Gasteiger partial charge in [0.2, 0.25) is 0 Å². The summed E-state index contributed by atoms with van der Waals surface area (Å²) in [6.07, 6.45) is 5.73.